The number of carbonyl (C=O) groups is 1. The maximum atomic E-state index is 13.1. The summed E-state index contributed by atoms with van der Waals surface area (Å²) >= 11 is 4.20. The summed E-state index contributed by atoms with van der Waals surface area (Å²) in [5.74, 6) is -2.31. The molecule has 7 heteroatoms. The standard InChI is InChI=1S/C13H13F4NOS/c14-10-1-2-11(20)9(6-10)5-8-3-4-18(7-8)12(19)13(15,16)17/h1-2,6,8,20H,3-5,7H2. The minimum Gasteiger partial charge on any atom is -0.335 e. The van der Waals surface area contributed by atoms with Crippen LogP contribution in [0.1, 0.15) is 12.0 Å². The summed E-state index contributed by atoms with van der Waals surface area (Å²) in [6, 6.07) is 4.12. The molecule has 2 nitrogen and oxygen atoms in total. The lowest BCUT2D eigenvalue weighted by atomic mass is 9.98. The van der Waals surface area contributed by atoms with Crippen LogP contribution in [0.25, 0.3) is 0 Å². The van der Waals surface area contributed by atoms with Gasteiger partial charge in [0, 0.05) is 18.0 Å². The second kappa shape index (κ2) is 5.63. The van der Waals surface area contributed by atoms with Crippen LogP contribution in [0, 0.1) is 11.7 Å². The van der Waals surface area contributed by atoms with Gasteiger partial charge in [0.15, 0.2) is 0 Å². The molecule has 20 heavy (non-hydrogen) atoms. The number of nitrogens with zero attached hydrogens (tertiary/aromatic N) is 1. The normalized spacial score (nSPS) is 19.4. The lowest BCUT2D eigenvalue weighted by Gasteiger charge is -2.18. The predicted molar refractivity (Wildman–Crippen MR) is 68.1 cm³/mol. The second-order valence-electron chi connectivity index (χ2n) is 4.88. The lowest BCUT2D eigenvalue weighted by molar-refractivity contribution is -0.184. The fourth-order valence-corrected chi connectivity index (χ4v) is 2.62. The molecule has 0 radical (unpaired) electrons. The zero-order valence-corrected chi connectivity index (χ0v) is 11.3. The largest absolute Gasteiger partial charge is 0.471 e. The van der Waals surface area contributed by atoms with E-state index in [-0.39, 0.29) is 19.0 Å². The summed E-state index contributed by atoms with van der Waals surface area (Å²) in [5, 5.41) is 0. The van der Waals surface area contributed by atoms with Crippen LogP contribution in [-0.2, 0) is 11.2 Å². The van der Waals surface area contributed by atoms with E-state index in [0.717, 1.165) is 4.90 Å². The van der Waals surface area contributed by atoms with Crippen LogP contribution in [-0.4, -0.2) is 30.1 Å². The van der Waals surface area contributed by atoms with Gasteiger partial charge in [0.1, 0.15) is 5.82 Å². The third-order valence-corrected chi connectivity index (χ3v) is 3.80. The Balaban J connectivity index is 2.00. The first kappa shape index (κ1) is 15.2. The molecule has 0 bridgehead atoms. The number of benzene rings is 1. The highest BCUT2D eigenvalue weighted by molar-refractivity contribution is 7.80. The SMILES string of the molecule is O=C(N1CCC(Cc2cc(F)ccc2S)C1)C(F)(F)F. The van der Waals surface area contributed by atoms with Crippen molar-refractivity contribution in [3.05, 3.63) is 29.6 Å². The minimum absolute atomic E-state index is 0.0437. The Morgan fingerprint density at radius 2 is 2.10 bits per heavy atom. The summed E-state index contributed by atoms with van der Waals surface area (Å²) in [6.45, 7) is 0.127. The third kappa shape index (κ3) is 3.45. The topological polar surface area (TPSA) is 20.3 Å². The van der Waals surface area contributed by atoms with E-state index in [0.29, 0.717) is 23.3 Å². The number of carbonyl (C=O) groups excluding carboxylic acids is 1. The van der Waals surface area contributed by atoms with Crippen LogP contribution < -0.4 is 0 Å². The van der Waals surface area contributed by atoms with E-state index < -0.39 is 17.9 Å². The average Bonchev–Trinajstić information content (AvgIpc) is 2.80. The Morgan fingerprint density at radius 3 is 2.75 bits per heavy atom. The van der Waals surface area contributed by atoms with Gasteiger partial charge in [-0.25, -0.2) is 4.39 Å². The van der Waals surface area contributed by atoms with Crippen molar-refractivity contribution in [3.63, 3.8) is 0 Å². The molecule has 1 aromatic rings. The number of hydrogen-bond acceptors (Lipinski definition) is 2. The van der Waals surface area contributed by atoms with Gasteiger partial charge in [0.25, 0.3) is 0 Å². The first-order chi connectivity index (χ1) is 9.27. The number of hydrogen-bond donors (Lipinski definition) is 1. The van der Waals surface area contributed by atoms with Crippen molar-refractivity contribution < 1.29 is 22.4 Å². The highest BCUT2D eigenvalue weighted by atomic mass is 32.1. The predicted octanol–water partition coefficient (Wildman–Crippen LogP) is 3.07. The minimum atomic E-state index is -4.83. The average molecular weight is 307 g/mol. The van der Waals surface area contributed by atoms with E-state index in [2.05, 4.69) is 12.6 Å². The second-order valence-corrected chi connectivity index (χ2v) is 5.36. The maximum Gasteiger partial charge on any atom is 0.471 e. The molecule has 0 saturated carbocycles. The number of thiol groups is 1. The van der Waals surface area contributed by atoms with E-state index in [4.69, 9.17) is 0 Å². The van der Waals surface area contributed by atoms with Crippen molar-refractivity contribution in [1.82, 2.24) is 4.90 Å². The van der Waals surface area contributed by atoms with Crippen LogP contribution in [0.2, 0.25) is 0 Å². The Hall–Kier alpha value is -1.24. The van der Waals surface area contributed by atoms with Gasteiger partial charge in [0.2, 0.25) is 0 Å². The van der Waals surface area contributed by atoms with Crippen LogP contribution in [0.15, 0.2) is 23.1 Å². The molecule has 0 aromatic heterocycles. The smallest absolute Gasteiger partial charge is 0.335 e. The molecular weight excluding hydrogens is 294 g/mol. The molecule has 1 fully saturated rings. The zero-order valence-electron chi connectivity index (χ0n) is 10.5. The highest BCUT2D eigenvalue weighted by Crippen LogP contribution is 2.28. The quantitative estimate of drug-likeness (QED) is 0.658. The van der Waals surface area contributed by atoms with Crippen LogP contribution in [0.4, 0.5) is 17.6 Å². The van der Waals surface area contributed by atoms with Gasteiger partial charge in [-0.05, 0) is 42.5 Å². The Bertz CT molecular complexity index is 518. The van der Waals surface area contributed by atoms with E-state index in [1.54, 1.807) is 0 Å². The van der Waals surface area contributed by atoms with Gasteiger partial charge in [-0.3, -0.25) is 4.79 Å². The molecule has 1 unspecified atom stereocenters. The number of alkyl halides is 3. The van der Waals surface area contributed by atoms with Crippen molar-refractivity contribution >= 4 is 18.5 Å². The van der Waals surface area contributed by atoms with E-state index in [1.807, 2.05) is 0 Å². The number of likely N-dealkylation sites (tertiary alicyclic amines) is 1. The van der Waals surface area contributed by atoms with Crippen molar-refractivity contribution in [2.45, 2.75) is 23.9 Å². The fraction of sp³-hybridized carbons (Fsp3) is 0.462. The molecule has 1 aromatic carbocycles. The molecule has 1 aliphatic heterocycles. The van der Waals surface area contributed by atoms with Crippen molar-refractivity contribution in [2.75, 3.05) is 13.1 Å². The van der Waals surface area contributed by atoms with E-state index in [1.165, 1.54) is 18.2 Å². The van der Waals surface area contributed by atoms with Crippen LogP contribution in [0.5, 0.6) is 0 Å². The van der Waals surface area contributed by atoms with Gasteiger partial charge in [-0.15, -0.1) is 12.6 Å². The van der Waals surface area contributed by atoms with Gasteiger partial charge >= 0.3 is 12.1 Å². The molecular formula is C13H13F4NOS. The Labute approximate surface area is 119 Å². The molecule has 0 N–H and O–H groups in total. The van der Waals surface area contributed by atoms with Crippen molar-refractivity contribution in [1.29, 1.82) is 0 Å². The molecule has 1 atom stereocenters. The zero-order chi connectivity index (χ0) is 14.9. The molecule has 0 aliphatic carbocycles. The summed E-state index contributed by atoms with van der Waals surface area (Å²) in [4.78, 5) is 12.5. The number of amides is 1. The monoisotopic (exact) mass is 307 g/mol. The van der Waals surface area contributed by atoms with Gasteiger partial charge < -0.3 is 4.90 Å². The number of rotatable bonds is 2. The first-order valence-electron chi connectivity index (χ1n) is 6.11. The lowest BCUT2D eigenvalue weighted by Crippen LogP contribution is -2.39. The fourth-order valence-electron chi connectivity index (χ4n) is 2.39. The molecule has 1 saturated heterocycles. The van der Waals surface area contributed by atoms with Crippen molar-refractivity contribution in [2.24, 2.45) is 5.92 Å². The van der Waals surface area contributed by atoms with Crippen LogP contribution >= 0.6 is 12.6 Å². The Morgan fingerprint density at radius 1 is 1.40 bits per heavy atom. The van der Waals surface area contributed by atoms with Crippen LogP contribution in [0.3, 0.4) is 0 Å². The molecule has 1 heterocycles. The van der Waals surface area contributed by atoms with E-state index >= 15 is 0 Å². The van der Waals surface area contributed by atoms with Gasteiger partial charge in [0.05, 0.1) is 0 Å². The summed E-state index contributed by atoms with van der Waals surface area (Å²) in [5.41, 5.74) is 0.652. The van der Waals surface area contributed by atoms with E-state index in [9.17, 15) is 22.4 Å². The summed E-state index contributed by atoms with van der Waals surface area (Å²) in [6.07, 6.45) is -3.94. The molecule has 1 aliphatic rings. The van der Waals surface area contributed by atoms with Crippen molar-refractivity contribution in [3.8, 4) is 0 Å². The first-order valence-corrected chi connectivity index (χ1v) is 6.55. The highest BCUT2D eigenvalue weighted by Gasteiger charge is 2.44. The maximum absolute atomic E-state index is 13.1. The molecule has 110 valence electrons. The molecule has 2 rings (SSSR count). The third-order valence-electron chi connectivity index (χ3n) is 3.37. The summed E-state index contributed by atoms with van der Waals surface area (Å²) in [7, 11) is 0. The molecule has 1 amide bonds. The Kier molecular flexibility index (Phi) is 4.27. The van der Waals surface area contributed by atoms with Gasteiger partial charge in [-0.1, -0.05) is 0 Å². The number of halogens is 4. The van der Waals surface area contributed by atoms with Gasteiger partial charge in [-0.2, -0.15) is 13.2 Å². The molecule has 0 spiro atoms. The summed E-state index contributed by atoms with van der Waals surface area (Å²) < 4.78 is 50.1.